The molecule has 0 spiro atoms. The summed E-state index contributed by atoms with van der Waals surface area (Å²) < 4.78 is 5.77. The molecule has 0 amide bonds. The van der Waals surface area contributed by atoms with Crippen molar-refractivity contribution >= 4 is 11.4 Å². The molecule has 0 radical (unpaired) electrons. The Labute approximate surface area is 122 Å². The number of benzene rings is 1. The van der Waals surface area contributed by atoms with E-state index in [1.807, 2.05) is 0 Å². The maximum Gasteiger partial charge on any atom is 0.0602 e. The summed E-state index contributed by atoms with van der Waals surface area (Å²) in [5, 5.41) is 3.77. The number of para-hydroxylation sites is 2. The molecule has 2 fully saturated rings. The zero-order chi connectivity index (χ0) is 13.8. The topological polar surface area (TPSA) is 24.5 Å². The van der Waals surface area contributed by atoms with E-state index in [4.69, 9.17) is 4.74 Å². The molecule has 110 valence electrons. The van der Waals surface area contributed by atoms with E-state index in [1.54, 1.807) is 0 Å². The standard InChI is InChI=1S/C17H26N2O/c1-2-15-13-14(9-12-20-15)18-16-7-3-4-8-17(16)19-10-5-6-11-19/h3-4,7-8,14-15,18H,2,5-6,9-13H2,1H3. The quantitative estimate of drug-likeness (QED) is 0.907. The van der Waals surface area contributed by atoms with E-state index in [0.29, 0.717) is 12.1 Å². The Balaban J connectivity index is 1.70. The van der Waals surface area contributed by atoms with Crippen molar-refractivity contribution in [2.45, 2.75) is 51.2 Å². The lowest BCUT2D eigenvalue weighted by Crippen LogP contribution is -2.34. The average Bonchev–Trinajstić information content (AvgIpc) is 3.02. The van der Waals surface area contributed by atoms with Crippen LogP contribution in [-0.2, 0) is 4.74 Å². The van der Waals surface area contributed by atoms with Crippen LogP contribution in [0.3, 0.4) is 0 Å². The summed E-state index contributed by atoms with van der Waals surface area (Å²) in [5.74, 6) is 0. The second kappa shape index (κ2) is 6.49. The van der Waals surface area contributed by atoms with Gasteiger partial charge in [-0.05, 0) is 44.2 Å². The fourth-order valence-electron chi connectivity index (χ4n) is 3.35. The molecule has 2 saturated heterocycles. The second-order valence-electron chi connectivity index (χ2n) is 5.98. The molecule has 2 aliphatic heterocycles. The first-order valence-corrected chi connectivity index (χ1v) is 8.09. The van der Waals surface area contributed by atoms with Crippen LogP contribution in [0.15, 0.2) is 24.3 Å². The highest BCUT2D eigenvalue weighted by atomic mass is 16.5. The molecule has 20 heavy (non-hydrogen) atoms. The van der Waals surface area contributed by atoms with E-state index < -0.39 is 0 Å². The predicted octanol–water partition coefficient (Wildman–Crippen LogP) is 3.66. The van der Waals surface area contributed by atoms with Crippen LogP contribution in [0.25, 0.3) is 0 Å². The summed E-state index contributed by atoms with van der Waals surface area (Å²) in [5.41, 5.74) is 2.68. The summed E-state index contributed by atoms with van der Waals surface area (Å²) >= 11 is 0. The molecule has 3 rings (SSSR count). The highest BCUT2D eigenvalue weighted by molar-refractivity contribution is 5.70. The fraction of sp³-hybridized carbons (Fsp3) is 0.647. The maximum atomic E-state index is 5.77. The highest BCUT2D eigenvalue weighted by Gasteiger charge is 2.23. The Hall–Kier alpha value is -1.22. The van der Waals surface area contributed by atoms with E-state index in [0.717, 1.165) is 25.9 Å². The van der Waals surface area contributed by atoms with E-state index in [9.17, 15) is 0 Å². The van der Waals surface area contributed by atoms with Gasteiger partial charge < -0.3 is 15.0 Å². The van der Waals surface area contributed by atoms with Gasteiger partial charge in [0.15, 0.2) is 0 Å². The summed E-state index contributed by atoms with van der Waals surface area (Å²) in [6, 6.07) is 9.32. The Morgan fingerprint density at radius 2 is 2.05 bits per heavy atom. The fourth-order valence-corrected chi connectivity index (χ4v) is 3.35. The van der Waals surface area contributed by atoms with Gasteiger partial charge in [-0.25, -0.2) is 0 Å². The second-order valence-corrected chi connectivity index (χ2v) is 5.98. The van der Waals surface area contributed by atoms with Crippen molar-refractivity contribution in [1.29, 1.82) is 0 Å². The van der Waals surface area contributed by atoms with Gasteiger partial charge in [0, 0.05) is 25.7 Å². The minimum atomic E-state index is 0.431. The Morgan fingerprint density at radius 3 is 2.85 bits per heavy atom. The molecule has 2 heterocycles. The molecule has 1 N–H and O–H groups in total. The number of nitrogens with one attached hydrogen (secondary N) is 1. The smallest absolute Gasteiger partial charge is 0.0602 e. The predicted molar refractivity (Wildman–Crippen MR) is 84.6 cm³/mol. The van der Waals surface area contributed by atoms with Gasteiger partial charge in [-0.1, -0.05) is 19.1 Å². The zero-order valence-electron chi connectivity index (χ0n) is 12.5. The van der Waals surface area contributed by atoms with Crippen molar-refractivity contribution in [2.75, 3.05) is 29.9 Å². The van der Waals surface area contributed by atoms with E-state index in [-0.39, 0.29) is 0 Å². The lowest BCUT2D eigenvalue weighted by molar-refractivity contribution is 0.00926. The molecular weight excluding hydrogens is 248 g/mol. The number of rotatable bonds is 4. The van der Waals surface area contributed by atoms with Crippen LogP contribution >= 0.6 is 0 Å². The van der Waals surface area contributed by atoms with Crippen molar-refractivity contribution in [1.82, 2.24) is 0 Å². The van der Waals surface area contributed by atoms with Crippen molar-refractivity contribution in [3.63, 3.8) is 0 Å². The maximum absolute atomic E-state index is 5.77. The third kappa shape index (κ3) is 3.09. The van der Waals surface area contributed by atoms with Gasteiger partial charge in [0.2, 0.25) is 0 Å². The Kier molecular flexibility index (Phi) is 4.46. The van der Waals surface area contributed by atoms with Crippen LogP contribution in [0.5, 0.6) is 0 Å². The normalized spacial score (nSPS) is 26.8. The summed E-state index contributed by atoms with van der Waals surface area (Å²) in [6.45, 7) is 5.50. The van der Waals surface area contributed by atoms with Gasteiger partial charge >= 0.3 is 0 Å². The highest BCUT2D eigenvalue weighted by Crippen LogP contribution is 2.30. The van der Waals surface area contributed by atoms with Crippen molar-refractivity contribution in [3.05, 3.63) is 24.3 Å². The number of hydrogen-bond donors (Lipinski definition) is 1. The minimum Gasteiger partial charge on any atom is -0.380 e. The first kappa shape index (κ1) is 13.7. The first-order valence-electron chi connectivity index (χ1n) is 8.09. The number of hydrogen-bond acceptors (Lipinski definition) is 3. The van der Waals surface area contributed by atoms with E-state index in [2.05, 4.69) is 41.4 Å². The van der Waals surface area contributed by atoms with E-state index in [1.165, 1.54) is 37.3 Å². The number of anilines is 2. The van der Waals surface area contributed by atoms with Crippen LogP contribution in [-0.4, -0.2) is 31.8 Å². The average molecular weight is 274 g/mol. The van der Waals surface area contributed by atoms with Crippen LogP contribution in [0, 0.1) is 0 Å². The molecule has 3 heteroatoms. The summed E-state index contributed by atoms with van der Waals surface area (Å²) in [6.07, 6.45) is 6.44. The van der Waals surface area contributed by atoms with Gasteiger partial charge in [0.05, 0.1) is 17.5 Å². The Morgan fingerprint density at radius 1 is 1.25 bits per heavy atom. The van der Waals surface area contributed by atoms with Gasteiger partial charge in [-0.3, -0.25) is 0 Å². The van der Waals surface area contributed by atoms with Crippen LogP contribution < -0.4 is 10.2 Å². The molecule has 0 saturated carbocycles. The molecule has 2 atom stereocenters. The summed E-state index contributed by atoms with van der Waals surface area (Å²) in [7, 11) is 0. The molecule has 0 aromatic heterocycles. The minimum absolute atomic E-state index is 0.431. The van der Waals surface area contributed by atoms with Crippen molar-refractivity contribution < 1.29 is 4.74 Å². The van der Waals surface area contributed by atoms with Crippen LogP contribution in [0.2, 0.25) is 0 Å². The lowest BCUT2D eigenvalue weighted by Gasteiger charge is -2.32. The monoisotopic (exact) mass is 274 g/mol. The van der Waals surface area contributed by atoms with E-state index >= 15 is 0 Å². The molecule has 2 unspecified atom stereocenters. The molecule has 2 aliphatic rings. The third-order valence-corrected chi connectivity index (χ3v) is 4.53. The third-order valence-electron chi connectivity index (χ3n) is 4.53. The molecule has 0 bridgehead atoms. The van der Waals surface area contributed by atoms with Gasteiger partial charge in [-0.2, -0.15) is 0 Å². The van der Waals surface area contributed by atoms with Gasteiger partial charge in [-0.15, -0.1) is 0 Å². The number of ether oxygens (including phenoxy) is 1. The first-order chi connectivity index (χ1) is 9.86. The largest absolute Gasteiger partial charge is 0.380 e. The molecule has 3 nitrogen and oxygen atoms in total. The summed E-state index contributed by atoms with van der Waals surface area (Å²) in [4.78, 5) is 2.51. The van der Waals surface area contributed by atoms with Crippen molar-refractivity contribution in [2.24, 2.45) is 0 Å². The SMILES string of the molecule is CCC1CC(Nc2ccccc2N2CCCC2)CCO1. The lowest BCUT2D eigenvalue weighted by atomic mass is 10.0. The molecule has 1 aromatic rings. The Bertz CT molecular complexity index is 429. The molecule has 0 aliphatic carbocycles. The van der Waals surface area contributed by atoms with Crippen LogP contribution in [0.1, 0.15) is 39.0 Å². The van der Waals surface area contributed by atoms with Crippen molar-refractivity contribution in [3.8, 4) is 0 Å². The number of nitrogens with zero attached hydrogens (tertiary/aromatic N) is 1. The van der Waals surface area contributed by atoms with Gasteiger partial charge in [0.25, 0.3) is 0 Å². The van der Waals surface area contributed by atoms with Gasteiger partial charge in [0.1, 0.15) is 0 Å². The molecular formula is C17H26N2O. The zero-order valence-corrected chi connectivity index (χ0v) is 12.5. The molecule has 1 aromatic carbocycles. The van der Waals surface area contributed by atoms with Crippen LogP contribution in [0.4, 0.5) is 11.4 Å².